The van der Waals surface area contributed by atoms with E-state index in [-0.39, 0.29) is 12.3 Å². The summed E-state index contributed by atoms with van der Waals surface area (Å²) in [6.07, 6.45) is 5.37. The smallest absolute Gasteiger partial charge is 0.224 e. The number of nitrogens with one attached hydrogen (secondary N) is 1. The summed E-state index contributed by atoms with van der Waals surface area (Å²) in [5.41, 5.74) is 4.06. The third kappa shape index (κ3) is 7.81. The fourth-order valence-electron chi connectivity index (χ4n) is 4.80. The molecule has 0 spiro atoms. The number of rotatable bonds is 16. The molecule has 0 saturated carbocycles. The Balaban J connectivity index is 1.30. The number of aryl methyl sites for hydroxylation is 1. The van der Waals surface area contributed by atoms with Gasteiger partial charge in [-0.2, -0.15) is 0 Å². The van der Waals surface area contributed by atoms with Crippen LogP contribution in [0, 0.1) is 0 Å². The van der Waals surface area contributed by atoms with Crippen LogP contribution in [0.4, 0.5) is 0 Å². The highest BCUT2D eigenvalue weighted by Crippen LogP contribution is 2.29. The normalized spacial score (nSPS) is 10.8. The number of hydrogen-bond donors (Lipinski definition) is 1. The highest BCUT2D eigenvalue weighted by Gasteiger charge is 2.13. The Labute approximate surface area is 241 Å². The molecule has 0 aliphatic heterocycles. The van der Waals surface area contributed by atoms with Crippen molar-refractivity contribution in [3.63, 3.8) is 0 Å². The van der Waals surface area contributed by atoms with Gasteiger partial charge in [0.15, 0.2) is 23.0 Å². The van der Waals surface area contributed by atoms with Gasteiger partial charge >= 0.3 is 0 Å². The number of unbranched alkanes of at least 4 members (excludes halogenated alkanes) is 1. The molecule has 1 heterocycles. The SMILES string of the molecule is C=CCc1ccc(OCCCCn2c(CCNC(=O)Cc3ccc(OC)c(OC)c3)nc3ccccc32)c(OC)c1. The number of benzene rings is 3. The quantitative estimate of drug-likeness (QED) is 0.144. The molecule has 216 valence electrons. The molecule has 0 aliphatic carbocycles. The topological polar surface area (TPSA) is 83.8 Å². The Bertz CT molecular complexity index is 1460. The molecule has 4 rings (SSSR count). The molecule has 1 amide bonds. The lowest BCUT2D eigenvalue weighted by Gasteiger charge is -2.13. The van der Waals surface area contributed by atoms with Crippen LogP contribution in [0.1, 0.15) is 29.8 Å². The van der Waals surface area contributed by atoms with E-state index in [1.165, 1.54) is 0 Å². The van der Waals surface area contributed by atoms with Crippen LogP contribution >= 0.6 is 0 Å². The number of nitrogens with zero attached hydrogens (tertiary/aromatic N) is 2. The summed E-state index contributed by atoms with van der Waals surface area (Å²) in [4.78, 5) is 17.5. The first-order chi connectivity index (χ1) is 20.1. The van der Waals surface area contributed by atoms with Gasteiger partial charge in [0.2, 0.25) is 5.91 Å². The summed E-state index contributed by atoms with van der Waals surface area (Å²) in [6.45, 7) is 5.70. The van der Waals surface area contributed by atoms with E-state index in [4.69, 9.17) is 23.9 Å². The van der Waals surface area contributed by atoms with Gasteiger partial charge in [0, 0.05) is 19.5 Å². The van der Waals surface area contributed by atoms with Gasteiger partial charge in [-0.15, -0.1) is 6.58 Å². The Hall–Kier alpha value is -4.46. The van der Waals surface area contributed by atoms with Crippen LogP contribution in [0.2, 0.25) is 0 Å². The van der Waals surface area contributed by atoms with Crippen molar-refractivity contribution >= 4 is 16.9 Å². The zero-order valence-corrected chi connectivity index (χ0v) is 24.2. The van der Waals surface area contributed by atoms with E-state index in [0.29, 0.717) is 31.1 Å². The predicted octanol–water partition coefficient (Wildman–Crippen LogP) is 5.55. The minimum absolute atomic E-state index is 0.0509. The number of hydrogen-bond acceptors (Lipinski definition) is 6. The summed E-state index contributed by atoms with van der Waals surface area (Å²) in [7, 11) is 4.83. The molecule has 0 unspecified atom stereocenters. The maximum absolute atomic E-state index is 12.6. The number of imidazole rings is 1. The second kappa shape index (κ2) is 14.8. The van der Waals surface area contributed by atoms with Crippen LogP contribution in [0.25, 0.3) is 11.0 Å². The number of para-hydroxylation sites is 2. The highest BCUT2D eigenvalue weighted by atomic mass is 16.5. The van der Waals surface area contributed by atoms with Crippen LogP contribution in [0.3, 0.4) is 0 Å². The highest BCUT2D eigenvalue weighted by molar-refractivity contribution is 5.79. The Kier molecular flexibility index (Phi) is 10.7. The molecule has 41 heavy (non-hydrogen) atoms. The molecule has 8 nitrogen and oxygen atoms in total. The van der Waals surface area contributed by atoms with E-state index in [1.54, 1.807) is 21.3 Å². The van der Waals surface area contributed by atoms with Crippen LogP contribution in [-0.2, 0) is 30.6 Å². The Morgan fingerprint density at radius 3 is 2.39 bits per heavy atom. The minimum Gasteiger partial charge on any atom is -0.493 e. The number of methoxy groups -OCH3 is 3. The molecule has 0 saturated heterocycles. The molecule has 0 aliphatic rings. The van der Waals surface area contributed by atoms with Crippen molar-refractivity contribution in [2.45, 2.75) is 38.6 Å². The fourth-order valence-corrected chi connectivity index (χ4v) is 4.80. The minimum atomic E-state index is -0.0509. The van der Waals surface area contributed by atoms with Crippen molar-refractivity contribution in [2.75, 3.05) is 34.5 Å². The van der Waals surface area contributed by atoms with Gasteiger partial charge < -0.3 is 28.8 Å². The predicted molar refractivity (Wildman–Crippen MR) is 161 cm³/mol. The molecule has 0 bridgehead atoms. The Morgan fingerprint density at radius 2 is 1.61 bits per heavy atom. The lowest BCUT2D eigenvalue weighted by molar-refractivity contribution is -0.120. The number of carbonyl (C=O) groups excluding carboxylic acids is 1. The van der Waals surface area contributed by atoms with Crippen molar-refractivity contribution < 1.29 is 23.7 Å². The second-order valence-corrected chi connectivity index (χ2v) is 9.67. The van der Waals surface area contributed by atoms with Gasteiger partial charge in [0.05, 0.1) is 45.4 Å². The van der Waals surface area contributed by atoms with Gasteiger partial charge in [-0.1, -0.05) is 30.3 Å². The van der Waals surface area contributed by atoms with Crippen molar-refractivity contribution in [1.82, 2.24) is 14.9 Å². The van der Waals surface area contributed by atoms with Gasteiger partial charge in [-0.05, 0) is 66.8 Å². The third-order valence-corrected chi connectivity index (χ3v) is 6.86. The first kappa shape index (κ1) is 29.5. The van der Waals surface area contributed by atoms with Crippen molar-refractivity contribution in [1.29, 1.82) is 0 Å². The van der Waals surface area contributed by atoms with E-state index in [1.807, 2.05) is 60.7 Å². The van der Waals surface area contributed by atoms with Crippen molar-refractivity contribution in [3.8, 4) is 23.0 Å². The zero-order chi connectivity index (χ0) is 29.0. The van der Waals surface area contributed by atoms with Gasteiger partial charge in [0.25, 0.3) is 0 Å². The number of carbonyl (C=O) groups is 1. The maximum Gasteiger partial charge on any atom is 0.224 e. The monoisotopic (exact) mass is 557 g/mol. The van der Waals surface area contributed by atoms with Crippen LogP contribution in [0.5, 0.6) is 23.0 Å². The number of amides is 1. The van der Waals surface area contributed by atoms with Crippen molar-refractivity contribution in [3.05, 3.63) is 90.3 Å². The second-order valence-electron chi connectivity index (χ2n) is 9.67. The average molecular weight is 558 g/mol. The van der Waals surface area contributed by atoms with Crippen molar-refractivity contribution in [2.24, 2.45) is 0 Å². The number of allylic oxidation sites excluding steroid dienone is 1. The van der Waals surface area contributed by atoms with Gasteiger partial charge in [-0.25, -0.2) is 4.98 Å². The van der Waals surface area contributed by atoms with E-state index in [2.05, 4.69) is 22.5 Å². The first-order valence-corrected chi connectivity index (χ1v) is 13.9. The molecule has 8 heteroatoms. The fraction of sp³-hybridized carbons (Fsp3) is 0.333. The average Bonchev–Trinajstić information content (AvgIpc) is 3.34. The van der Waals surface area contributed by atoms with E-state index < -0.39 is 0 Å². The molecule has 0 atom stereocenters. The summed E-state index contributed by atoms with van der Waals surface area (Å²) < 4.78 is 24.4. The van der Waals surface area contributed by atoms with Gasteiger partial charge in [0.1, 0.15) is 5.82 Å². The molecule has 1 N–H and O–H groups in total. The zero-order valence-electron chi connectivity index (χ0n) is 24.2. The molecule has 3 aromatic carbocycles. The Morgan fingerprint density at radius 1 is 0.902 bits per heavy atom. The standard InChI is InChI=1S/C33H39N3O5/c1-5-10-24-13-16-29(31(21-24)40-4)41-20-9-8-19-36-27-12-7-6-11-26(27)35-32(36)17-18-34-33(37)23-25-14-15-28(38-2)30(22-25)39-3/h5-7,11-16,21-22H,1,8-10,17-20,23H2,2-4H3,(H,34,37). The van der Waals surface area contributed by atoms with Crippen LogP contribution in [0.15, 0.2) is 73.3 Å². The third-order valence-electron chi connectivity index (χ3n) is 6.86. The lowest BCUT2D eigenvalue weighted by Crippen LogP contribution is -2.28. The number of aromatic nitrogens is 2. The van der Waals surface area contributed by atoms with E-state index in [9.17, 15) is 4.79 Å². The first-order valence-electron chi connectivity index (χ1n) is 13.9. The number of ether oxygens (including phenoxy) is 4. The number of fused-ring (bicyclic) bond motifs is 1. The van der Waals surface area contributed by atoms with Crippen LogP contribution < -0.4 is 24.3 Å². The molecular formula is C33H39N3O5. The summed E-state index contributed by atoms with van der Waals surface area (Å²) >= 11 is 0. The maximum atomic E-state index is 12.6. The van der Waals surface area contributed by atoms with Crippen LogP contribution in [-0.4, -0.2) is 49.9 Å². The largest absolute Gasteiger partial charge is 0.493 e. The lowest BCUT2D eigenvalue weighted by atomic mass is 10.1. The molecule has 4 aromatic rings. The molecule has 0 fully saturated rings. The summed E-state index contributed by atoms with van der Waals surface area (Å²) in [5.74, 6) is 3.64. The molecule has 1 aromatic heterocycles. The van der Waals surface area contributed by atoms with E-state index >= 15 is 0 Å². The van der Waals surface area contributed by atoms with Gasteiger partial charge in [-0.3, -0.25) is 4.79 Å². The summed E-state index contributed by atoms with van der Waals surface area (Å²) in [5, 5.41) is 3.03. The summed E-state index contributed by atoms with van der Waals surface area (Å²) in [6, 6.07) is 19.6. The molecule has 0 radical (unpaired) electrons. The molecular weight excluding hydrogens is 518 g/mol. The van der Waals surface area contributed by atoms with E-state index in [0.717, 1.165) is 65.3 Å².